The lowest BCUT2D eigenvalue weighted by Gasteiger charge is -2.30. The van der Waals surface area contributed by atoms with Crippen LogP contribution in [-0.4, -0.2) is 70.3 Å². The summed E-state index contributed by atoms with van der Waals surface area (Å²) in [5, 5.41) is 5.63. The Bertz CT molecular complexity index is 814. The number of aliphatic imine (C=N–C) groups is 1. The van der Waals surface area contributed by atoms with Crippen LogP contribution in [0.25, 0.3) is 0 Å². The predicted octanol–water partition coefficient (Wildman–Crippen LogP) is 3.49. The highest BCUT2D eigenvalue weighted by Gasteiger charge is 2.19. The van der Waals surface area contributed by atoms with Gasteiger partial charge in [-0.05, 0) is 47.5 Å². The number of ether oxygens (including phenoxy) is 2. The van der Waals surface area contributed by atoms with Crippen molar-refractivity contribution >= 4 is 41.3 Å². The molecule has 0 atom stereocenters. The molecule has 1 aromatic heterocycles. The van der Waals surface area contributed by atoms with Gasteiger partial charge in [0.15, 0.2) is 17.5 Å². The number of methoxy groups -OCH3 is 2. The summed E-state index contributed by atoms with van der Waals surface area (Å²) in [6, 6.07) is 8.53. The number of nitrogens with zero attached hydrogens (tertiary/aromatic N) is 3. The number of guanidine groups is 1. The van der Waals surface area contributed by atoms with Crippen molar-refractivity contribution in [2.45, 2.75) is 19.4 Å². The topological polar surface area (TPSA) is 49.3 Å². The normalized spacial score (nSPS) is 13.9. The van der Waals surface area contributed by atoms with Crippen molar-refractivity contribution in [1.82, 2.24) is 15.1 Å². The van der Waals surface area contributed by atoms with E-state index in [4.69, 9.17) is 9.47 Å². The summed E-state index contributed by atoms with van der Waals surface area (Å²) in [4.78, 5) is 10.5. The summed E-state index contributed by atoms with van der Waals surface area (Å²) >= 11 is 1.81. The summed E-state index contributed by atoms with van der Waals surface area (Å²) in [5.41, 5.74) is 2.68. The average molecular weight is 545 g/mol. The Morgan fingerprint density at radius 2 is 1.97 bits per heavy atom. The smallest absolute Gasteiger partial charge is 0.193 e. The molecule has 1 aliphatic rings. The minimum absolute atomic E-state index is 0. The van der Waals surface area contributed by atoms with E-state index in [1.54, 1.807) is 14.2 Å². The van der Waals surface area contributed by atoms with Crippen LogP contribution in [0.1, 0.15) is 16.0 Å². The molecule has 0 saturated heterocycles. The molecule has 0 spiro atoms. The molecule has 1 aliphatic heterocycles. The van der Waals surface area contributed by atoms with Crippen molar-refractivity contribution in [2.24, 2.45) is 4.99 Å². The van der Waals surface area contributed by atoms with E-state index in [-0.39, 0.29) is 24.0 Å². The van der Waals surface area contributed by atoms with E-state index in [2.05, 4.69) is 56.8 Å². The Morgan fingerprint density at radius 3 is 2.60 bits per heavy atom. The van der Waals surface area contributed by atoms with Crippen LogP contribution in [0.5, 0.6) is 11.5 Å². The number of likely N-dealkylation sites (N-methyl/N-ethyl adjacent to an activating group) is 1. The predicted molar refractivity (Wildman–Crippen MR) is 136 cm³/mol. The lowest BCUT2D eigenvalue weighted by atomic mass is 9.99. The molecule has 3 rings (SSSR count). The van der Waals surface area contributed by atoms with Crippen LogP contribution < -0.4 is 14.8 Å². The first-order chi connectivity index (χ1) is 14.1. The van der Waals surface area contributed by atoms with Crippen LogP contribution >= 0.6 is 35.3 Å². The molecule has 2 heterocycles. The molecule has 6 nitrogen and oxygen atoms in total. The third-order valence-corrected chi connectivity index (χ3v) is 6.29. The van der Waals surface area contributed by atoms with Gasteiger partial charge < -0.3 is 19.7 Å². The highest BCUT2D eigenvalue weighted by Crippen LogP contribution is 2.33. The van der Waals surface area contributed by atoms with E-state index in [1.807, 2.05) is 18.4 Å². The van der Waals surface area contributed by atoms with Crippen molar-refractivity contribution in [2.75, 3.05) is 54.5 Å². The molecule has 2 aromatic rings. The lowest BCUT2D eigenvalue weighted by molar-refractivity contribution is 0.255. The maximum atomic E-state index is 5.46. The van der Waals surface area contributed by atoms with Gasteiger partial charge in [-0.2, -0.15) is 0 Å². The van der Waals surface area contributed by atoms with Crippen LogP contribution in [0.3, 0.4) is 0 Å². The van der Waals surface area contributed by atoms with Gasteiger partial charge in [-0.15, -0.1) is 35.3 Å². The van der Waals surface area contributed by atoms with E-state index in [1.165, 1.54) is 16.0 Å². The summed E-state index contributed by atoms with van der Waals surface area (Å²) in [6.45, 7) is 4.80. The van der Waals surface area contributed by atoms with Gasteiger partial charge in [0.1, 0.15) is 0 Å². The van der Waals surface area contributed by atoms with Gasteiger partial charge in [0.2, 0.25) is 0 Å². The van der Waals surface area contributed by atoms with E-state index < -0.39 is 0 Å². The van der Waals surface area contributed by atoms with Crippen LogP contribution in [-0.2, 0) is 19.4 Å². The maximum Gasteiger partial charge on any atom is 0.193 e. The Hall–Kier alpha value is -1.52. The molecule has 1 N–H and O–H groups in total. The standard InChI is InChI=1S/C22H32N4O2S.HI/c1-23-22(25(2)10-8-19-6-5-13-29-19)24-9-12-26-11-7-17-14-20(27-3)21(28-4)15-18(17)16-26;/h5-6,13-15H,7-12,16H2,1-4H3,(H,23,24);1H. The van der Waals surface area contributed by atoms with Crippen LogP contribution in [0.15, 0.2) is 34.6 Å². The second-order valence-electron chi connectivity index (χ2n) is 7.23. The van der Waals surface area contributed by atoms with E-state index in [9.17, 15) is 0 Å². The quantitative estimate of drug-likeness (QED) is 0.314. The fourth-order valence-corrected chi connectivity index (χ4v) is 4.38. The number of halogens is 1. The number of benzene rings is 1. The zero-order valence-electron chi connectivity index (χ0n) is 18.3. The van der Waals surface area contributed by atoms with Crippen molar-refractivity contribution in [3.8, 4) is 11.5 Å². The summed E-state index contributed by atoms with van der Waals surface area (Å²) in [6.07, 6.45) is 2.08. The summed E-state index contributed by atoms with van der Waals surface area (Å²) in [5.74, 6) is 2.57. The lowest BCUT2D eigenvalue weighted by Crippen LogP contribution is -2.44. The van der Waals surface area contributed by atoms with E-state index >= 15 is 0 Å². The molecule has 0 amide bonds. The van der Waals surface area contributed by atoms with Gasteiger partial charge in [-0.3, -0.25) is 9.89 Å². The highest BCUT2D eigenvalue weighted by atomic mass is 127. The molecule has 0 aliphatic carbocycles. The monoisotopic (exact) mass is 544 g/mol. The molecular weight excluding hydrogens is 511 g/mol. The van der Waals surface area contributed by atoms with E-state index in [0.717, 1.165) is 63.0 Å². The molecule has 30 heavy (non-hydrogen) atoms. The van der Waals surface area contributed by atoms with Crippen molar-refractivity contribution in [1.29, 1.82) is 0 Å². The second-order valence-corrected chi connectivity index (χ2v) is 8.26. The van der Waals surface area contributed by atoms with Crippen LogP contribution in [0.2, 0.25) is 0 Å². The third-order valence-electron chi connectivity index (χ3n) is 5.36. The minimum Gasteiger partial charge on any atom is -0.493 e. The van der Waals surface area contributed by atoms with Gasteiger partial charge in [0.25, 0.3) is 0 Å². The molecule has 0 fully saturated rings. The number of hydrogen-bond acceptors (Lipinski definition) is 5. The number of hydrogen-bond donors (Lipinski definition) is 1. The molecule has 0 radical (unpaired) electrons. The number of thiophene rings is 1. The Morgan fingerprint density at radius 1 is 1.23 bits per heavy atom. The average Bonchev–Trinajstić information content (AvgIpc) is 3.27. The SMILES string of the molecule is CN=C(NCCN1CCc2cc(OC)c(OC)cc2C1)N(C)CCc1cccs1.I. The van der Waals surface area contributed by atoms with Crippen LogP contribution in [0, 0.1) is 0 Å². The summed E-state index contributed by atoms with van der Waals surface area (Å²) < 4.78 is 10.9. The third kappa shape index (κ3) is 6.49. The second kappa shape index (κ2) is 12.4. The molecule has 8 heteroatoms. The fourth-order valence-electron chi connectivity index (χ4n) is 3.68. The van der Waals surface area contributed by atoms with Gasteiger partial charge in [-0.25, -0.2) is 0 Å². The largest absolute Gasteiger partial charge is 0.493 e. The fraction of sp³-hybridized carbons (Fsp3) is 0.500. The number of rotatable bonds is 8. The first-order valence-electron chi connectivity index (χ1n) is 10.0. The zero-order valence-corrected chi connectivity index (χ0v) is 21.5. The first kappa shape index (κ1) is 24.7. The maximum absolute atomic E-state index is 5.46. The van der Waals surface area contributed by atoms with Crippen LogP contribution in [0.4, 0.5) is 0 Å². The number of fused-ring (bicyclic) bond motifs is 1. The molecule has 0 saturated carbocycles. The Kier molecular flexibility index (Phi) is 10.2. The molecule has 0 unspecified atom stereocenters. The summed E-state index contributed by atoms with van der Waals surface area (Å²) in [7, 11) is 7.32. The molecule has 166 valence electrons. The highest BCUT2D eigenvalue weighted by molar-refractivity contribution is 14.0. The Labute approximate surface area is 201 Å². The van der Waals surface area contributed by atoms with E-state index in [0.29, 0.717) is 0 Å². The van der Waals surface area contributed by atoms with Gasteiger partial charge in [0, 0.05) is 51.7 Å². The minimum atomic E-state index is 0. The van der Waals surface area contributed by atoms with Crippen molar-refractivity contribution < 1.29 is 9.47 Å². The molecule has 1 aromatic carbocycles. The zero-order chi connectivity index (χ0) is 20.6. The number of nitrogens with one attached hydrogen (secondary N) is 1. The van der Waals surface area contributed by atoms with Gasteiger partial charge in [0.05, 0.1) is 14.2 Å². The molecular formula is C22H33IN4O2S. The molecule has 0 bridgehead atoms. The van der Waals surface area contributed by atoms with Crippen molar-refractivity contribution in [3.05, 3.63) is 45.6 Å². The van der Waals surface area contributed by atoms with Gasteiger partial charge >= 0.3 is 0 Å². The Balaban J connectivity index is 0.00000320. The van der Waals surface area contributed by atoms with Crippen molar-refractivity contribution in [3.63, 3.8) is 0 Å². The van der Waals surface area contributed by atoms with Gasteiger partial charge in [-0.1, -0.05) is 6.07 Å². The first-order valence-corrected chi connectivity index (χ1v) is 10.9.